The molecule has 0 aliphatic rings. The Morgan fingerprint density at radius 3 is 2.65 bits per heavy atom. The van der Waals surface area contributed by atoms with Gasteiger partial charge < -0.3 is 19.9 Å². The third-order valence-corrected chi connectivity index (χ3v) is 1.79. The highest BCUT2D eigenvalue weighted by atomic mass is 16.5. The molecule has 1 aromatic rings. The van der Waals surface area contributed by atoms with Crippen molar-refractivity contribution in [3.8, 4) is 5.75 Å². The minimum absolute atomic E-state index is 0.0761. The highest BCUT2D eigenvalue weighted by Gasteiger charge is 2.08. The fraction of sp³-hybridized carbons (Fsp3) is 0.273. The van der Waals surface area contributed by atoms with Crippen molar-refractivity contribution < 1.29 is 24.2 Å². The molecule has 0 fully saturated rings. The van der Waals surface area contributed by atoms with Gasteiger partial charge in [0.05, 0.1) is 5.69 Å². The molecule has 0 aliphatic heterocycles. The largest absolute Gasteiger partial charge is 0.480 e. The summed E-state index contributed by atoms with van der Waals surface area (Å²) < 4.78 is 9.69. The average Bonchev–Trinajstić information content (AvgIpc) is 2.28. The third kappa shape index (κ3) is 4.52. The Kier molecular flexibility index (Phi) is 4.96. The molecule has 1 rings (SSSR count). The summed E-state index contributed by atoms with van der Waals surface area (Å²) in [5, 5.41) is 11.1. The summed E-state index contributed by atoms with van der Waals surface area (Å²) in [6.07, 6.45) is 0. The Bertz CT molecular complexity index is 405. The standard InChI is InChI=1S/C11H13NO5/c1-16-6-10(13)12-8-4-2-3-5-9(8)17-7-11(14)15/h2-5H,6-7H2,1H3,(H,12,13)(H,14,15). The van der Waals surface area contributed by atoms with E-state index in [2.05, 4.69) is 10.1 Å². The van der Waals surface area contributed by atoms with E-state index >= 15 is 0 Å². The van der Waals surface area contributed by atoms with Crippen LogP contribution in [0.1, 0.15) is 0 Å². The Morgan fingerprint density at radius 2 is 2.00 bits per heavy atom. The molecule has 0 atom stereocenters. The lowest BCUT2D eigenvalue weighted by molar-refractivity contribution is -0.139. The summed E-state index contributed by atoms with van der Waals surface area (Å²) in [4.78, 5) is 21.7. The van der Waals surface area contributed by atoms with Gasteiger partial charge in [0.25, 0.3) is 0 Å². The zero-order valence-corrected chi connectivity index (χ0v) is 9.30. The van der Waals surface area contributed by atoms with E-state index in [-0.39, 0.29) is 12.5 Å². The van der Waals surface area contributed by atoms with Crippen molar-refractivity contribution in [2.75, 3.05) is 25.6 Å². The number of rotatable bonds is 6. The number of carboxylic acid groups (broad SMARTS) is 1. The minimum Gasteiger partial charge on any atom is -0.480 e. The van der Waals surface area contributed by atoms with Crippen LogP contribution in [0.3, 0.4) is 0 Å². The van der Waals surface area contributed by atoms with E-state index in [1.807, 2.05) is 0 Å². The normalized spacial score (nSPS) is 9.71. The van der Waals surface area contributed by atoms with Gasteiger partial charge in [-0.05, 0) is 12.1 Å². The molecular weight excluding hydrogens is 226 g/mol. The second-order valence-corrected chi connectivity index (χ2v) is 3.16. The number of carbonyl (C=O) groups is 2. The lowest BCUT2D eigenvalue weighted by Gasteiger charge is -2.10. The van der Waals surface area contributed by atoms with Gasteiger partial charge in [0, 0.05) is 7.11 Å². The first kappa shape index (κ1) is 13.0. The number of amides is 1. The van der Waals surface area contributed by atoms with Gasteiger partial charge in [0.1, 0.15) is 12.4 Å². The van der Waals surface area contributed by atoms with Crippen molar-refractivity contribution in [1.29, 1.82) is 0 Å². The van der Waals surface area contributed by atoms with E-state index in [0.717, 1.165) is 0 Å². The van der Waals surface area contributed by atoms with E-state index in [0.29, 0.717) is 11.4 Å². The number of hydrogen-bond donors (Lipinski definition) is 2. The van der Waals surface area contributed by atoms with Crippen LogP contribution in [0.4, 0.5) is 5.69 Å². The molecular formula is C11H13NO5. The van der Waals surface area contributed by atoms with Gasteiger partial charge in [-0.3, -0.25) is 4.79 Å². The van der Waals surface area contributed by atoms with Crippen LogP contribution in [-0.2, 0) is 14.3 Å². The van der Waals surface area contributed by atoms with E-state index in [9.17, 15) is 9.59 Å². The molecule has 6 nitrogen and oxygen atoms in total. The zero-order chi connectivity index (χ0) is 12.7. The quantitative estimate of drug-likeness (QED) is 0.764. The van der Waals surface area contributed by atoms with E-state index in [4.69, 9.17) is 9.84 Å². The van der Waals surface area contributed by atoms with Crippen LogP contribution < -0.4 is 10.1 Å². The molecule has 6 heteroatoms. The molecule has 0 saturated heterocycles. The number of para-hydroxylation sites is 2. The Morgan fingerprint density at radius 1 is 1.29 bits per heavy atom. The summed E-state index contributed by atoms with van der Waals surface area (Å²) in [7, 11) is 1.41. The van der Waals surface area contributed by atoms with Gasteiger partial charge >= 0.3 is 5.97 Å². The van der Waals surface area contributed by atoms with Gasteiger partial charge in [-0.25, -0.2) is 4.79 Å². The first-order valence-corrected chi connectivity index (χ1v) is 4.86. The minimum atomic E-state index is -1.08. The topological polar surface area (TPSA) is 84.9 Å². The highest BCUT2D eigenvalue weighted by Crippen LogP contribution is 2.23. The van der Waals surface area contributed by atoms with Crippen LogP contribution in [0.5, 0.6) is 5.75 Å². The summed E-state index contributed by atoms with van der Waals surface area (Å²) >= 11 is 0. The van der Waals surface area contributed by atoms with Crippen molar-refractivity contribution in [3.05, 3.63) is 24.3 Å². The van der Waals surface area contributed by atoms with Crippen molar-refractivity contribution in [1.82, 2.24) is 0 Å². The third-order valence-electron chi connectivity index (χ3n) is 1.79. The Hall–Kier alpha value is -2.08. The molecule has 0 radical (unpaired) electrons. The zero-order valence-electron chi connectivity index (χ0n) is 9.30. The number of hydrogen-bond acceptors (Lipinski definition) is 4. The molecule has 0 saturated carbocycles. The number of methoxy groups -OCH3 is 1. The number of anilines is 1. The summed E-state index contributed by atoms with van der Waals surface area (Å²) in [6, 6.07) is 6.58. The first-order chi connectivity index (χ1) is 8.13. The maximum Gasteiger partial charge on any atom is 0.341 e. The number of ether oxygens (including phenoxy) is 2. The molecule has 0 spiro atoms. The van der Waals surface area contributed by atoms with Crippen LogP contribution in [-0.4, -0.2) is 37.3 Å². The molecule has 0 unspecified atom stereocenters. The van der Waals surface area contributed by atoms with Crippen LogP contribution in [0.25, 0.3) is 0 Å². The number of carbonyl (C=O) groups excluding carboxylic acids is 1. The van der Waals surface area contributed by atoms with E-state index in [1.54, 1.807) is 24.3 Å². The summed E-state index contributed by atoms with van der Waals surface area (Å²) in [5.74, 6) is -1.11. The second-order valence-electron chi connectivity index (χ2n) is 3.16. The highest BCUT2D eigenvalue weighted by molar-refractivity contribution is 5.93. The number of aliphatic carboxylic acids is 1. The molecule has 0 aliphatic carbocycles. The Labute approximate surface area is 98.2 Å². The molecule has 2 N–H and O–H groups in total. The van der Waals surface area contributed by atoms with Crippen molar-refractivity contribution >= 4 is 17.6 Å². The lowest BCUT2D eigenvalue weighted by Crippen LogP contribution is -2.18. The maximum atomic E-state index is 11.3. The predicted molar refractivity (Wildman–Crippen MR) is 60.1 cm³/mol. The van der Waals surface area contributed by atoms with Crippen molar-refractivity contribution in [3.63, 3.8) is 0 Å². The van der Waals surface area contributed by atoms with Gasteiger partial charge in [-0.15, -0.1) is 0 Å². The smallest absolute Gasteiger partial charge is 0.341 e. The lowest BCUT2D eigenvalue weighted by atomic mass is 10.3. The van der Waals surface area contributed by atoms with Gasteiger partial charge in [-0.2, -0.15) is 0 Å². The number of carboxylic acids is 1. The molecule has 92 valence electrons. The summed E-state index contributed by atoms with van der Waals surface area (Å²) in [5.41, 5.74) is 0.413. The Balaban J connectivity index is 2.70. The number of nitrogens with one attached hydrogen (secondary N) is 1. The molecule has 0 aromatic heterocycles. The van der Waals surface area contributed by atoms with Crippen LogP contribution >= 0.6 is 0 Å². The fourth-order valence-electron chi connectivity index (χ4n) is 1.15. The maximum absolute atomic E-state index is 11.3. The average molecular weight is 239 g/mol. The van der Waals surface area contributed by atoms with Gasteiger partial charge in [0.2, 0.25) is 5.91 Å². The van der Waals surface area contributed by atoms with Crippen molar-refractivity contribution in [2.45, 2.75) is 0 Å². The van der Waals surface area contributed by atoms with Gasteiger partial charge in [-0.1, -0.05) is 12.1 Å². The monoisotopic (exact) mass is 239 g/mol. The molecule has 17 heavy (non-hydrogen) atoms. The first-order valence-electron chi connectivity index (χ1n) is 4.86. The predicted octanol–water partition coefficient (Wildman–Crippen LogP) is 0.735. The molecule has 0 bridgehead atoms. The van der Waals surface area contributed by atoms with Crippen LogP contribution in [0.15, 0.2) is 24.3 Å². The van der Waals surface area contributed by atoms with Crippen LogP contribution in [0, 0.1) is 0 Å². The van der Waals surface area contributed by atoms with E-state index in [1.165, 1.54) is 7.11 Å². The molecule has 0 heterocycles. The molecule has 1 amide bonds. The van der Waals surface area contributed by atoms with Crippen LogP contribution in [0.2, 0.25) is 0 Å². The fourth-order valence-corrected chi connectivity index (χ4v) is 1.15. The van der Waals surface area contributed by atoms with E-state index < -0.39 is 12.6 Å². The summed E-state index contributed by atoms with van der Waals surface area (Å²) in [6.45, 7) is -0.537. The number of benzene rings is 1. The van der Waals surface area contributed by atoms with Crippen molar-refractivity contribution in [2.24, 2.45) is 0 Å². The second kappa shape index (κ2) is 6.49. The SMILES string of the molecule is COCC(=O)Nc1ccccc1OCC(=O)O. The van der Waals surface area contributed by atoms with Gasteiger partial charge in [0.15, 0.2) is 6.61 Å². The molecule has 1 aromatic carbocycles.